The standard InChI is InChI=1S/C12H15NO2S/c1-9-6-10(2-5-13-9)16-8-12(3-4-12)7-11(14)15/h2,5-6H,3-4,7-8H2,1H3,(H,14,15). The second-order valence-corrected chi connectivity index (χ2v) is 5.54. The summed E-state index contributed by atoms with van der Waals surface area (Å²) in [5.41, 5.74) is 1.07. The Balaban J connectivity index is 1.90. The normalized spacial score (nSPS) is 17.1. The van der Waals surface area contributed by atoms with Gasteiger partial charge in [-0.1, -0.05) is 0 Å². The lowest BCUT2D eigenvalue weighted by atomic mass is 10.1. The zero-order valence-electron chi connectivity index (χ0n) is 9.27. The molecule has 2 rings (SSSR count). The van der Waals surface area contributed by atoms with Crippen molar-refractivity contribution in [3.63, 3.8) is 0 Å². The molecule has 1 fully saturated rings. The van der Waals surface area contributed by atoms with Crippen LogP contribution in [0, 0.1) is 12.3 Å². The van der Waals surface area contributed by atoms with Crippen LogP contribution in [0.4, 0.5) is 0 Å². The average Bonchev–Trinajstić information content (AvgIpc) is 2.95. The van der Waals surface area contributed by atoms with E-state index in [9.17, 15) is 4.79 Å². The van der Waals surface area contributed by atoms with Crippen LogP contribution < -0.4 is 0 Å². The first-order valence-electron chi connectivity index (χ1n) is 5.37. The van der Waals surface area contributed by atoms with Gasteiger partial charge < -0.3 is 5.11 Å². The number of aryl methyl sites for hydroxylation is 1. The van der Waals surface area contributed by atoms with Crippen LogP contribution in [0.2, 0.25) is 0 Å². The van der Waals surface area contributed by atoms with Gasteiger partial charge in [-0.3, -0.25) is 9.78 Å². The first-order valence-corrected chi connectivity index (χ1v) is 6.36. The summed E-state index contributed by atoms with van der Waals surface area (Å²) in [6.45, 7) is 1.97. The summed E-state index contributed by atoms with van der Waals surface area (Å²) < 4.78 is 0. The monoisotopic (exact) mass is 237 g/mol. The molecule has 1 aromatic rings. The fourth-order valence-corrected chi connectivity index (χ4v) is 2.99. The number of aliphatic carboxylic acids is 1. The summed E-state index contributed by atoms with van der Waals surface area (Å²) in [6.07, 6.45) is 4.21. The van der Waals surface area contributed by atoms with Crippen LogP contribution in [0.5, 0.6) is 0 Å². The zero-order valence-corrected chi connectivity index (χ0v) is 10.1. The molecule has 1 aromatic heterocycles. The van der Waals surface area contributed by atoms with Crippen molar-refractivity contribution in [2.24, 2.45) is 5.41 Å². The molecule has 1 aliphatic carbocycles. The van der Waals surface area contributed by atoms with Gasteiger partial charge in [-0.25, -0.2) is 0 Å². The number of pyridine rings is 1. The van der Waals surface area contributed by atoms with Gasteiger partial charge in [0.15, 0.2) is 0 Å². The van der Waals surface area contributed by atoms with Gasteiger partial charge in [0, 0.05) is 22.5 Å². The minimum Gasteiger partial charge on any atom is -0.481 e. The van der Waals surface area contributed by atoms with Crippen LogP contribution >= 0.6 is 11.8 Å². The van der Waals surface area contributed by atoms with Gasteiger partial charge in [0.1, 0.15) is 0 Å². The third kappa shape index (κ3) is 2.98. The van der Waals surface area contributed by atoms with E-state index in [1.54, 1.807) is 18.0 Å². The highest BCUT2D eigenvalue weighted by molar-refractivity contribution is 7.99. The molecular formula is C12H15NO2S. The van der Waals surface area contributed by atoms with Crippen LogP contribution in [-0.2, 0) is 4.79 Å². The summed E-state index contributed by atoms with van der Waals surface area (Å²) in [5.74, 6) is 0.229. The van der Waals surface area contributed by atoms with E-state index in [1.807, 2.05) is 19.1 Å². The van der Waals surface area contributed by atoms with Crippen molar-refractivity contribution in [2.45, 2.75) is 31.1 Å². The molecule has 1 N–H and O–H groups in total. The largest absolute Gasteiger partial charge is 0.481 e. The number of carboxylic acid groups (broad SMARTS) is 1. The van der Waals surface area contributed by atoms with E-state index >= 15 is 0 Å². The Bertz CT molecular complexity index is 402. The Morgan fingerprint density at radius 3 is 2.94 bits per heavy atom. The quantitative estimate of drug-likeness (QED) is 0.800. The third-order valence-electron chi connectivity index (χ3n) is 2.90. The number of rotatable bonds is 5. The van der Waals surface area contributed by atoms with Gasteiger partial charge in [-0.05, 0) is 37.3 Å². The predicted molar refractivity (Wildman–Crippen MR) is 63.6 cm³/mol. The molecule has 0 amide bonds. The lowest BCUT2D eigenvalue weighted by Gasteiger charge is -2.11. The second kappa shape index (κ2) is 4.45. The summed E-state index contributed by atoms with van der Waals surface area (Å²) >= 11 is 1.74. The molecule has 0 aromatic carbocycles. The number of carbonyl (C=O) groups is 1. The Kier molecular flexibility index (Phi) is 3.19. The van der Waals surface area contributed by atoms with E-state index in [0.717, 1.165) is 24.3 Å². The zero-order chi connectivity index (χ0) is 11.6. The number of carboxylic acids is 1. The SMILES string of the molecule is Cc1cc(SCC2(CC(=O)O)CC2)ccn1. The Labute approximate surface area is 99.3 Å². The van der Waals surface area contributed by atoms with Crippen molar-refractivity contribution in [1.82, 2.24) is 4.98 Å². The van der Waals surface area contributed by atoms with Crippen LogP contribution in [0.3, 0.4) is 0 Å². The highest BCUT2D eigenvalue weighted by Gasteiger charge is 2.44. The minimum atomic E-state index is -0.677. The van der Waals surface area contributed by atoms with E-state index in [4.69, 9.17) is 5.11 Å². The highest BCUT2D eigenvalue weighted by Crippen LogP contribution is 2.51. The Morgan fingerprint density at radius 2 is 2.38 bits per heavy atom. The Morgan fingerprint density at radius 1 is 1.62 bits per heavy atom. The lowest BCUT2D eigenvalue weighted by Crippen LogP contribution is -2.10. The number of nitrogens with zero attached hydrogens (tertiary/aromatic N) is 1. The van der Waals surface area contributed by atoms with E-state index in [1.165, 1.54) is 4.90 Å². The molecule has 0 radical (unpaired) electrons. The van der Waals surface area contributed by atoms with Crippen molar-refractivity contribution in [1.29, 1.82) is 0 Å². The van der Waals surface area contributed by atoms with Gasteiger partial charge >= 0.3 is 5.97 Å². The highest BCUT2D eigenvalue weighted by atomic mass is 32.2. The first-order chi connectivity index (χ1) is 7.60. The van der Waals surface area contributed by atoms with Crippen LogP contribution in [0.25, 0.3) is 0 Å². The van der Waals surface area contributed by atoms with Crippen molar-refractivity contribution in [3.05, 3.63) is 24.0 Å². The van der Waals surface area contributed by atoms with Crippen LogP contribution in [0.1, 0.15) is 25.0 Å². The molecule has 0 bridgehead atoms. The average molecular weight is 237 g/mol. The van der Waals surface area contributed by atoms with Gasteiger partial charge in [0.2, 0.25) is 0 Å². The van der Waals surface area contributed by atoms with Gasteiger partial charge in [0.25, 0.3) is 0 Å². The molecule has 16 heavy (non-hydrogen) atoms. The van der Waals surface area contributed by atoms with E-state index < -0.39 is 5.97 Å². The summed E-state index contributed by atoms with van der Waals surface area (Å²) in [7, 11) is 0. The first kappa shape index (κ1) is 11.5. The van der Waals surface area contributed by atoms with Crippen molar-refractivity contribution in [2.75, 3.05) is 5.75 Å². The predicted octanol–water partition coefficient (Wildman–Crippen LogP) is 2.74. The van der Waals surface area contributed by atoms with Gasteiger partial charge in [-0.2, -0.15) is 0 Å². The van der Waals surface area contributed by atoms with E-state index in [0.29, 0.717) is 6.42 Å². The lowest BCUT2D eigenvalue weighted by molar-refractivity contribution is -0.138. The van der Waals surface area contributed by atoms with Crippen LogP contribution in [0.15, 0.2) is 23.2 Å². The summed E-state index contributed by atoms with van der Waals surface area (Å²) in [5, 5.41) is 8.81. The van der Waals surface area contributed by atoms with Crippen LogP contribution in [-0.4, -0.2) is 21.8 Å². The minimum absolute atomic E-state index is 0.0632. The number of thioether (sulfide) groups is 1. The van der Waals surface area contributed by atoms with Crippen molar-refractivity contribution < 1.29 is 9.90 Å². The number of aromatic nitrogens is 1. The molecule has 3 nitrogen and oxygen atoms in total. The van der Waals surface area contributed by atoms with E-state index in [-0.39, 0.29) is 5.41 Å². The van der Waals surface area contributed by atoms with Crippen molar-refractivity contribution in [3.8, 4) is 0 Å². The molecule has 0 saturated heterocycles. The fraction of sp³-hybridized carbons (Fsp3) is 0.500. The molecule has 0 atom stereocenters. The smallest absolute Gasteiger partial charge is 0.303 e. The number of hydrogen-bond donors (Lipinski definition) is 1. The fourth-order valence-electron chi connectivity index (χ4n) is 1.72. The maximum absolute atomic E-state index is 10.7. The second-order valence-electron chi connectivity index (χ2n) is 4.49. The molecular weight excluding hydrogens is 222 g/mol. The third-order valence-corrected chi connectivity index (χ3v) is 4.24. The molecule has 1 aliphatic rings. The molecule has 0 unspecified atom stereocenters. The molecule has 1 heterocycles. The molecule has 0 spiro atoms. The maximum Gasteiger partial charge on any atom is 0.303 e. The van der Waals surface area contributed by atoms with Crippen molar-refractivity contribution >= 4 is 17.7 Å². The molecule has 86 valence electrons. The summed E-state index contributed by atoms with van der Waals surface area (Å²) in [6, 6.07) is 4.02. The number of hydrogen-bond acceptors (Lipinski definition) is 3. The molecule has 0 aliphatic heterocycles. The van der Waals surface area contributed by atoms with E-state index in [2.05, 4.69) is 4.98 Å². The topological polar surface area (TPSA) is 50.2 Å². The molecule has 4 heteroatoms. The van der Waals surface area contributed by atoms with Gasteiger partial charge in [-0.15, -0.1) is 11.8 Å². The van der Waals surface area contributed by atoms with Gasteiger partial charge in [0.05, 0.1) is 6.42 Å². The maximum atomic E-state index is 10.7. The molecule has 1 saturated carbocycles. The summed E-state index contributed by atoms with van der Waals surface area (Å²) in [4.78, 5) is 16.0. The Hall–Kier alpha value is -1.03.